The Kier molecular flexibility index (Phi) is 6.96. The summed E-state index contributed by atoms with van der Waals surface area (Å²) < 4.78 is 27.5. The Labute approximate surface area is 132 Å². The SMILES string of the molecule is CCOP(=O)(COc1cc(C=O)cc([N+](=O)[O-])c1Cl)OCC. The molecule has 22 heavy (non-hydrogen) atoms. The molecule has 0 radical (unpaired) electrons. The molecule has 1 aromatic carbocycles. The zero-order chi connectivity index (χ0) is 16.8. The molecule has 0 aromatic heterocycles. The molecule has 0 N–H and O–H groups in total. The van der Waals surface area contributed by atoms with E-state index in [9.17, 15) is 19.5 Å². The molecule has 0 spiro atoms. The lowest BCUT2D eigenvalue weighted by molar-refractivity contribution is -0.384. The van der Waals surface area contributed by atoms with Crippen LogP contribution in [0.15, 0.2) is 12.1 Å². The van der Waals surface area contributed by atoms with E-state index in [2.05, 4.69) is 0 Å². The average Bonchev–Trinajstić information content (AvgIpc) is 2.46. The first-order chi connectivity index (χ1) is 10.4. The topological polar surface area (TPSA) is 105 Å². The number of benzene rings is 1. The molecular formula is C12H15ClNO7P. The van der Waals surface area contributed by atoms with Crippen LogP contribution in [-0.4, -0.2) is 30.8 Å². The summed E-state index contributed by atoms with van der Waals surface area (Å²) in [5.74, 6) is -0.141. The number of hydrogen-bond acceptors (Lipinski definition) is 7. The number of nitro benzene ring substituents is 1. The van der Waals surface area contributed by atoms with Crippen molar-refractivity contribution in [3.63, 3.8) is 0 Å². The molecule has 10 heteroatoms. The Morgan fingerprint density at radius 1 is 1.32 bits per heavy atom. The van der Waals surface area contributed by atoms with Crippen LogP contribution in [0.1, 0.15) is 24.2 Å². The van der Waals surface area contributed by atoms with Crippen molar-refractivity contribution in [2.75, 3.05) is 19.6 Å². The Hall–Kier alpha value is -1.47. The second kappa shape index (κ2) is 8.24. The molecule has 0 aliphatic heterocycles. The third-order valence-corrected chi connectivity index (χ3v) is 4.53. The maximum Gasteiger partial charge on any atom is 0.367 e. The molecule has 0 fully saturated rings. The van der Waals surface area contributed by atoms with Crippen LogP contribution in [0, 0.1) is 10.1 Å². The summed E-state index contributed by atoms with van der Waals surface area (Å²) in [6.45, 7) is 3.55. The molecule has 1 aromatic rings. The zero-order valence-corrected chi connectivity index (χ0v) is 13.6. The van der Waals surface area contributed by atoms with Gasteiger partial charge in [0.15, 0.2) is 11.4 Å². The number of ether oxygens (including phenoxy) is 1. The largest absolute Gasteiger partial charge is 0.479 e. The van der Waals surface area contributed by atoms with Crippen molar-refractivity contribution in [1.29, 1.82) is 0 Å². The average molecular weight is 352 g/mol. The van der Waals surface area contributed by atoms with Crippen molar-refractivity contribution < 1.29 is 28.1 Å². The molecule has 8 nitrogen and oxygen atoms in total. The fourth-order valence-corrected chi connectivity index (χ4v) is 3.10. The van der Waals surface area contributed by atoms with Gasteiger partial charge in [-0.15, -0.1) is 0 Å². The summed E-state index contributed by atoms with van der Waals surface area (Å²) in [5, 5.41) is 10.6. The van der Waals surface area contributed by atoms with Gasteiger partial charge >= 0.3 is 7.60 Å². The Bertz CT molecular complexity index is 597. The van der Waals surface area contributed by atoms with Crippen LogP contribution in [0.4, 0.5) is 5.69 Å². The molecule has 0 unspecified atom stereocenters. The van der Waals surface area contributed by atoms with Gasteiger partial charge in [0.05, 0.1) is 18.1 Å². The standard InChI is InChI=1S/C12H15ClNO7P/c1-3-20-22(18,21-4-2)8-19-11-6-9(7-15)5-10(12(11)13)14(16)17/h5-7H,3-4,8H2,1-2H3. The predicted molar refractivity (Wildman–Crippen MR) is 79.8 cm³/mol. The van der Waals surface area contributed by atoms with Crippen molar-refractivity contribution in [2.45, 2.75) is 13.8 Å². The van der Waals surface area contributed by atoms with Crippen LogP contribution in [-0.2, 0) is 13.6 Å². The number of nitro groups is 1. The van der Waals surface area contributed by atoms with Crippen LogP contribution >= 0.6 is 19.2 Å². The highest BCUT2D eigenvalue weighted by Gasteiger charge is 2.27. The fourth-order valence-electron chi connectivity index (χ4n) is 1.56. The second-order valence-electron chi connectivity index (χ2n) is 3.95. The Balaban J connectivity index is 3.06. The molecule has 0 aliphatic rings. The van der Waals surface area contributed by atoms with Gasteiger partial charge in [-0.2, -0.15) is 0 Å². The lowest BCUT2D eigenvalue weighted by atomic mass is 10.2. The molecule has 0 saturated heterocycles. The number of carbonyl (C=O) groups is 1. The van der Waals surface area contributed by atoms with Crippen molar-refractivity contribution in [3.8, 4) is 5.75 Å². The van der Waals surface area contributed by atoms with Crippen molar-refractivity contribution in [2.24, 2.45) is 0 Å². The van der Waals surface area contributed by atoms with E-state index in [1.807, 2.05) is 0 Å². The van der Waals surface area contributed by atoms with Gasteiger partial charge in [0.2, 0.25) is 0 Å². The van der Waals surface area contributed by atoms with Crippen LogP contribution in [0.3, 0.4) is 0 Å². The number of aldehydes is 1. The van der Waals surface area contributed by atoms with E-state index in [0.717, 1.165) is 6.07 Å². The van der Waals surface area contributed by atoms with Crippen LogP contribution in [0.25, 0.3) is 0 Å². The highest BCUT2D eigenvalue weighted by Crippen LogP contribution is 2.48. The molecule has 122 valence electrons. The van der Waals surface area contributed by atoms with Gasteiger partial charge in [0.25, 0.3) is 5.69 Å². The number of carbonyl (C=O) groups excluding carboxylic acids is 1. The number of halogens is 1. The fraction of sp³-hybridized carbons (Fsp3) is 0.417. The number of hydrogen-bond donors (Lipinski definition) is 0. The highest BCUT2D eigenvalue weighted by molar-refractivity contribution is 7.53. The summed E-state index contributed by atoms with van der Waals surface area (Å²) in [6, 6.07) is 2.23. The minimum absolute atomic E-state index is 0.00810. The lowest BCUT2D eigenvalue weighted by Gasteiger charge is -2.17. The number of rotatable bonds is 9. The molecule has 0 heterocycles. The van der Waals surface area contributed by atoms with Crippen molar-refractivity contribution >= 4 is 31.2 Å². The first-order valence-corrected chi connectivity index (χ1v) is 8.41. The Morgan fingerprint density at radius 2 is 1.91 bits per heavy atom. The van der Waals surface area contributed by atoms with Gasteiger partial charge in [-0.05, 0) is 19.9 Å². The van der Waals surface area contributed by atoms with Crippen molar-refractivity contribution in [1.82, 2.24) is 0 Å². The van der Waals surface area contributed by atoms with E-state index in [1.165, 1.54) is 6.07 Å². The maximum absolute atomic E-state index is 12.3. The minimum Gasteiger partial charge on any atom is -0.479 e. The summed E-state index contributed by atoms with van der Waals surface area (Å²) >= 11 is 5.86. The van der Waals surface area contributed by atoms with Gasteiger partial charge in [0, 0.05) is 11.6 Å². The van der Waals surface area contributed by atoms with E-state index < -0.39 is 24.6 Å². The third-order valence-electron chi connectivity index (χ3n) is 2.40. The molecule has 0 saturated carbocycles. The van der Waals surface area contributed by atoms with Crippen LogP contribution in [0.2, 0.25) is 5.02 Å². The Morgan fingerprint density at radius 3 is 2.36 bits per heavy atom. The van der Waals surface area contributed by atoms with Crippen LogP contribution < -0.4 is 4.74 Å². The van der Waals surface area contributed by atoms with Gasteiger partial charge < -0.3 is 13.8 Å². The minimum atomic E-state index is -3.51. The molecule has 0 bridgehead atoms. The second-order valence-corrected chi connectivity index (χ2v) is 6.32. The van der Waals surface area contributed by atoms with Gasteiger partial charge in [0.1, 0.15) is 12.0 Å². The van der Waals surface area contributed by atoms with Crippen LogP contribution in [0.5, 0.6) is 5.75 Å². The monoisotopic (exact) mass is 351 g/mol. The summed E-state index contributed by atoms with van der Waals surface area (Å²) in [4.78, 5) is 21.0. The maximum atomic E-state index is 12.3. The molecule has 0 aliphatic carbocycles. The molecule has 0 amide bonds. The normalized spacial score (nSPS) is 11.2. The zero-order valence-electron chi connectivity index (χ0n) is 12.0. The third kappa shape index (κ3) is 4.78. The molecular weight excluding hydrogens is 337 g/mol. The first kappa shape index (κ1) is 18.6. The quantitative estimate of drug-likeness (QED) is 0.289. The van der Waals surface area contributed by atoms with Gasteiger partial charge in [-0.3, -0.25) is 19.5 Å². The number of nitrogens with zero attached hydrogens (tertiary/aromatic N) is 1. The molecule has 1 rings (SSSR count). The molecule has 0 atom stereocenters. The van der Waals surface area contributed by atoms with E-state index >= 15 is 0 Å². The summed E-state index contributed by atoms with van der Waals surface area (Å²) in [6.07, 6.45) is -0.0608. The summed E-state index contributed by atoms with van der Waals surface area (Å²) in [7, 11) is -3.51. The van der Waals surface area contributed by atoms with E-state index in [1.54, 1.807) is 13.8 Å². The van der Waals surface area contributed by atoms with Gasteiger partial charge in [-0.25, -0.2) is 0 Å². The van der Waals surface area contributed by atoms with E-state index in [4.69, 9.17) is 25.4 Å². The summed E-state index contributed by atoms with van der Waals surface area (Å²) in [5.41, 5.74) is -0.474. The van der Waals surface area contributed by atoms with Crippen molar-refractivity contribution in [3.05, 3.63) is 32.8 Å². The first-order valence-electron chi connectivity index (χ1n) is 6.31. The van der Waals surface area contributed by atoms with Gasteiger partial charge in [-0.1, -0.05) is 11.6 Å². The van der Waals surface area contributed by atoms with E-state index in [-0.39, 0.29) is 29.5 Å². The lowest BCUT2D eigenvalue weighted by Crippen LogP contribution is -2.06. The van der Waals surface area contributed by atoms with E-state index in [0.29, 0.717) is 6.29 Å². The highest BCUT2D eigenvalue weighted by atomic mass is 35.5. The smallest absolute Gasteiger partial charge is 0.367 e. The predicted octanol–water partition coefficient (Wildman–Crippen LogP) is 3.66.